The predicted molar refractivity (Wildman–Crippen MR) is 71.6 cm³/mol. The topological polar surface area (TPSA) is 21.3 Å². The van der Waals surface area contributed by atoms with Crippen molar-refractivity contribution in [3.8, 4) is 5.75 Å². The number of piperidine rings is 1. The van der Waals surface area contributed by atoms with Crippen LogP contribution in [0.1, 0.15) is 30.9 Å². The van der Waals surface area contributed by atoms with Crippen molar-refractivity contribution in [1.29, 1.82) is 0 Å². The first kappa shape index (κ1) is 12.4. The van der Waals surface area contributed by atoms with Gasteiger partial charge in [0.05, 0.1) is 6.61 Å². The molecule has 0 atom stereocenters. The standard InChI is InChI=1S/C15H23NO/c1-3-17-15-5-4-14(12(2)10-15)11-13-6-8-16-9-7-13/h4-5,10,13,16H,3,6-9,11H2,1-2H3. The van der Waals surface area contributed by atoms with E-state index in [2.05, 4.69) is 30.4 Å². The molecule has 0 aliphatic carbocycles. The smallest absolute Gasteiger partial charge is 0.119 e. The van der Waals surface area contributed by atoms with Crippen LogP contribution in [0, 0.1) is 12.8 Å². The van der Waals surface area contributed by atoms with Crippen LogP contribution in [0.15, 0.2) is 18.2 Å². The molecular formula is C15H23NO. The van der Waals surface area contributed by atoms with Gasteiger partial charge in [-0.2, -0.15) is 0 Å². The fourth-order valence-corrected chi connectivity index (χ4v) is 2.55. The first-order chi connectivity index (χ1) is 8.29. The number of benzene rings is 1. The summed E-state index contributed by atoms with van der Waals surface area (Å²) in [5.41, 5.74) is 2.86. The Hall–Kier alpha value is -1.02. The molecule has 0 spiro atoms. The Bertz CT molecular complexity index is 356. The quantitative estimate of drug-likeness (QED) is 0.863. The van der Waals surface area contributed by atoms with Crippen molar-refractivity contribution < 1.29 is 4.74 Å². The second-order valence-corrected chi connectivity index (χ2v) is 4.92. The van der Waals surface area contributed by atoms with Gasteiger partial charge in [-0.25, -0.2) is 0 Å². The van der Waals surface area contributed by atoms with E-state index < -0.39 is 0 Å². The molecule has 0 aromatic heterocycles. The van der Waals surface area contributed by atoms with Gasteiger partial charge in [0.25, 0.3) is 0 Å². The highest BCUT2D eigenvalue weighted by molar-refractivity contribution is 5.35. The molecule has 1 saturated heterocycles. The summed E-state index contributed by atoms with van der Waals surface area (Å²) < 4.78 is 5.52. The molecule has 0 amide bonds. The minimum absolute atomic E-state index is 0.743. The highest BCUT2D eigenvalue weighted by atomic mass is 16.5. The maximum absolute atomic E-state index is 5.52. The van der Waals surface area contributed by atoms with Crippen LogP contribution in [-0.2, 0) is 6.42 Å². The van der Waals surface area contributed by atoms with E-state index in [9.17, 15) is 0 Å². The van der Waals surface area contributed by atoms with Crippen LogP contribution < -0.4 is 10.1 Å². The number of rotatable bonds is 4. The Balaban J connectivity index is 2.00. The second-order valence-electron chi connectivity index (χ2n) is 4.92. The lowest BCUT2D eigenvalue weighted by Gasteiger charge is -2.23. The van der Waals surface area contributed by atoms with Crippen molar-refractivity contribution in [3.05, 3.63) is 29.3 Å². The summed E-state index contributed by atoms with van der Waals surface area (Å²) in [5.74, 6) is 1.85. The molecule has 0 saturated carbocycles. The Morgan fingerprint density at radius 2 is 2.06 bits per heavy atom. The molecule has 0 radical (unpaired) electrons. The van der Waals surface area contributed by atoms with E-state index in [0.29, 0.717) is 0 Å². The molecule has 1 N–H and O–H groups in total. The van der Waals surface area contributed by atoms with Gasteiger partial charge in [0, 0.05) is 0 Å². The van der Waals surface area contributed by atoms with Crippen LogP contribution in [-0.4, -0.2) is 19.7 Å². The van der Waals surface area contributed by atoms with Crippen LogP contribution in [0.3, 0.4) is 0 Å². The molecule has 17 heavy (non-hydrogen) atoms. The molecule has 94 valence electrons. The third kappa shape index (κ3) is 3.47. The first-order valence-electron chi connectivity index (χ1n) is 6.72. The highest BCUT2D eigenvalue weighted by Crippen LogP contribution is 2.23. The van der Waals surface area contributed by atoms with Crippen LogP contribution in [0.25, 0.3) is 0 Å². The number of hydrogen-bond acceptors (Lipinski definition) is 2. The zero-order valence-electron chi connectivity index (χ0n) is 11.0. The molecule has 1 aromatic carbocycles. The maximum Gasteiger partial charge on any atom is 0.119 e. The molecule has 2 rings (SSSR count). The summed E-state index contributed by atoms with van der Waals surface area (Å²) in [6.07, 6.45) is 3.85. The first-order valence-corrected chi connectivity index (χ1v) is 6.72. The number of nitrogens with one attached hydrogen (secondary N) is 1. The molecule has 0 bridgehead atoms. The average Bonchev–Trinajstić information content (AvgIpc) is 2.34. The van der Waals surface area contributed by atoms with E-state index in [1.807, 2.05) is 6.92 Å². The van der Waals surface area contributed by atoms with E-state index >= 15 is 0 Å². The highest BCUT2D eigenvalue weighted by Gasteiger charge is 2.14. The normalized spacial score (nSPS) is 17.1. The molecule has 2 heteroatoms. The summed E-state index contributed by atoms with van der Waals surface area (Å²) in [5, 5.41) is 3.42. The van der Waals surface area contributed by atoms with E-state index in [1.54, 1.807) is 0 Å². The van der Waals surface area contributed by atoms with Crippen LogP contribution in [0.4, 0.5) is 0 Å². The van der Waals surface area contributed by atoms with Crippen LogP contribution >= 0.6 is 0 Å². The van der Waals surface area contributed by atoms with Crippen molar-refractivity contribution in [2.45, 2.75) is 33.1 Å². The lowest BCUT2D eigenvalue weighted by Crippen LogP contribution is -2.28. The minimum atomic E-state index is 0.743. The summed E-state index contributed by atoms with van der Waals surface area (Å²) in [4.78, 5) is 0. The zero-order chi connectivity index (χ0) is 12.1. The fourth-order valence-electron chi connectivity index (χ4n) is 2.55. The monoisotopic (exact) mass is 233 g/mol. The van der Waals surface area contributed by atoms with E-state index in [0.717, 1.165) is 18.3 Å². The Kier molecular flexibility index (Phi) is 4.43. The molecule has 1 fully saturated rings. The van der Waals surface area contributed by atoms with Crippen LogP contribution in [0.2, 0.25) is 0 Å². The Morgan fingerprint density at radius 3 is 2.71 bits per heavy atom. The molecule has 1 aliphatic heterocycles. The minimum Gasteiger partial charge on any atom is -0.494 e. The van der Waals surface area contributed by atoms with Crippen molar-refractivity contribution in [2.24, 2.45) is 5.92 Å². The third-order valence-electron chi connectivity index (χ3n) is 3.59. The van der Waals surface area contributed by atoms with Gasteiger partial charge >= 0.3 is 0 Å². The average molecular weight is 233 g/mol. The molecular weight excluding hydrogens is 210 g/mol. The van der Waals surface area contributed by atoms with Gasteiger partial charge in [-0.05, 0) is 75.4 Å². The van der Waals surface area contributed by atoms with Crippen molar-refractivity contribution in [2.75, 3.05) is 19.7 Å². The van der Waals surface area contributed by atoms with Crippen molar-refractivity contribution in [1.82, 2.24) is 5.32 Å². The SMILES string of the molecule is CCOc1ccc(CC2CCNCC2)c(C)c1. The lowest BCUT2D eigenvalue weighted by molar-refractivity contribution is 0.339. The number of hydrogen-bond donors (Lipinski definition) is 1. The summed E-state index contributed by atoms with van der Waals surface area (Å²) in [6, 6.07) is 6.51. The molecule has 0 unspecified atom stereocenters. The summed E-state index contributed by atoms with van der Waals surface area (Å²) >= 11 is 0. The molecule has 1 aromatic rings. The van der Waals surface area contributed by atoms with E-state index in [4.69, 9.17) is 4.74 Å². The van der Waals surface area contributed by atoms with Gasteiger partial charge < -0.3 is 10.1 Å². The lowest BCUT2D eigenvalue weighted by atomic mass is 9.89. The predicted octanol–water partition coefficient (Wildman–Crippen LogP) is 2.94. The van der Waals surface area contributed by atoms with Crippen molar-refractivity contribution >= 4 is 0 Å². The zero-order valence-corrected chi connectivity index (χ0v) is 11.0. The van der Waals surface area contributed by atoms with Crippen molar-refractivity contribution in [3.63, 3.8) is 0 Å². The number of aryl methyl sites for hydroxylation is 1. The van der Waals surface area contributed by atoms with Gasteiger partial charge in [0.15, 0.2) is 0 Å². The summed E-state index contributed by atoms with van der Waals surface area (Å²) in [7, 11) is 0. The second kappa shape index (κ2) is 6.06. The maximum atomic E-state index is 5.52. The van der Waals surface area contributed by atoms with Crippen LogP contribution in [0.5, 0.6) is 5.75 Å². The molecule has 2 nitrogen and oxygen atoms in total. The Morgan fingerprint density at radius 1 is 1.29 bits per heavy atom. The Labute approximate surface area is 104 Å². The van der Waals surface area contributed by atoms with Gasteiger partial charge in [-0.15, -0.1) is 0 Å². The van der Waals surface area contributed by atoms with Gasteiger partial charge in [-0.3, -0.25) is 0 Å². The van der Waals surface area contributed by atoms with E-state index in [-0.39, 0.29) is 0 Å². The van der Waals surface area contributed by atoms with Gasteiger partial charge in [0.1, 0.15) is 5.75 Å². The summed E-state index contributed by atoms with van der Waals surface area (Å²) in [6.45, 7) is 7.33. The van der Waals surface area contributed by atoms with Gasteiger partial charge in [-0.1, -0.05) is 6.07 Å². The molecule has 1 aliphatic rings. The van der Waals surface area contributed by atoms with Gasteiger partial charge in [0.2, 0.25) is 0 Å². The molecule has 1 heterocycles. The number of ether oxygens (including phenoxy) is 1. The third-order valence-corrected chi connectivity index (χ3v) is 3.59. The van der Waals surface area contributed by atoms with E-state index in [1.165, 1.54) is 43.5 Å². The fraction of sp³-hybridized carbons (Fsp3) is 0.600. The largest absolute Gasteiger partial charge is 0.494 e.